The minimum atomic E-state index is 0.154. The van der Waals surface area contributed by atoms with Crippen molar-refractivity contribution in [3.63, 3.8) is 0 Å². The minimum absolute atomic E-state index is 0.154. The summed E-state index contributed by atoms with van der Waals surface area (Å²) >= 11 is 2.35. The zero-order valence-electron chi connectivity index (χ0n) is 10.4. The fourth-order valence-corrected chi connectivity index (χ4v) is 2.74. The normalized spacial score (nSPS) is 12.4. The Morgan fingerprint density at radius 2 is 1.78 bits per heavy atom. The van der Waals surface area contributed by atoms with Crippen LogP contribution in [0.25, 0.3) is 0 Å². The van der Waals surface area contributed by atoms with Crippen molar-refractivity contribution in [2.75, 3.05) is 0 Å². The first-order valence-electron chi connectivity index (χ1n) is 5.97. The highest BCUT2D eigenvalue weighted by Crippen LogP contribution is 2.22. The Labute approximate surface area is 122 Å². The lowest BCUT2D eigenvalue weighted by Crippen LogP contribution is -2.30. The fourth-order valence-electron chi connectivity index (χ4n) is 1.98. The van der Waals surface area contributed by atoms with E-state index in [0.717, 1.165) is 6.42 Å². The number of nitrogens with two attached hydrogens (primary N) is 1. The molecule has 0 fully saturated rings. The monoisotopic (exact) mass is 352 g/mol. The molecule has 0 saturated carbocycles. The molecule has 0 aliphatic rings. The van der Waals surface area contributed by atoms with E-state index in [2.05, 4.69) is 77.4 Å². The van der Waals surface area contributed by atoms with E-state index in [9.17, 15) is 0 Å². The molecule has 0 heterocycles. The van der Waals surface area contributed by atoms with Crippen LogP contribution in [-0.4, -0.2) is 0 Å². The summed E-state index contributed by atoms with van der Waals surface area (Å²) in [5.74, 6) is 5.70. The smallest absolute Gasteiger partial charge is 0.0510 e. The molecule has 0 aromatic heterocycles. The van der Waals surface area contributed by atoms with Crippen molar-refractivity contribution in [3.8, 4) is 0 Å². The van der Waals surface area contributed by atoms with E-state index in [-0.39, 0.29) is 6.04 Å². The van der Waals surface area contributed by atoms with Gasteiger partial charge in [0.1, 0.15) is 0 Å². The van der Waals surface area contributed by atoms with Gasteiger partial charge in [0.2, 0.25) is 0 Å². The highest BCUT2D eigenvalue weighted by molar-refractivity contribution is 14.1. The SMILES string of the molecule is Cc1ccc(CC(NN)c2ccccc2I)cc1. The maximum Gasteiger partial charge on any atom is 0.0510 e. The zero-order valence-corrected chi connectivity index (χ0v) is 12.5. The van der Waals surface area contributed by atoms with Gasteiger partial charge in [-0.25, -0.2) is 0 Å². The third kappa shape index (κ3) is 3.31. The van der Waals surface area contributed by atoms with E-state index in [4.69, 9.17) is 5.84 Å². The lowest BCUT2D eigenvalue weighted by atomic mass is 9.99. The zero-order chi connectivity index (χ0) is 13.0. The number of nitrogens with one attached hydrogen (secondary N) is 1. The molecule has 2 aromatic carbocycles. The van der Waals surface area contributed by atoms with E-state index in [1.54, 1.807) is 0 Å². The highest BCUT2D eigenvalue weighted by Gasteiger charge is 2.12. The van der Waals surface area contributed by atoms with Crippen LogP contribution in [0.1, 0.15) is 22.7 Å². The minimum Gasteiger partial charge on any atom is -0.271 e. The Morgan fingerprint density at radius 1 is 1.11 bits per heavy atom. The second-order valence-electron chi connectivity index (χ2n) is 4.43. The van der Waals surface area contributed by atoms with Gasteiger partial charge in [0.15, 0.2) is 0 Å². The van der Waals surface area contributed by atoms with Crippen LogP contribution in [0.2, 0.25) is 0 Å². The van der Waals surface area contributed by atoms with Gasteiger partial charge in [-0.05, 0) is 53.1 Å². The molecule has 18 heavy (non-hydrogen) atoms. The summed E-state index contributed by atoms with van der Waals surface area (Å²) in [6.45, 7) is 2.10. The first-order chi connectivity index (χ1) is 8.70. The Balaban J connectivity index is 2.20. The molecule has 0 aliphatic carbocycles. The lowest BCUT2D eigenvalue weighted by molar-refractivity contribution is 0.550. The van der Waals surface area contributed by atoms with Crippen molar-refractivity contribution < 1.29 is 0 Å². The summed E-state index contributed by atoms with van der Waals surface area (Å²) in [5.41, 5.74) is 6.75. The Hall–Kier alpha value is -0.910. The van der Waals surface area contributed by atoms with Crippen LogP contribution in [0.15, 0.2) is 48.5 Å². The molecule has 2 aromatic rings. The van der Waals surface area contributed by atoms with Crippen LogP contribution in [0.3, 0.4) is 0 Å². The molecule has 3 heteroatoms. The Morgan fingerprint density at radius 3 is 2.39 bits per heavy atom. The highest BCUT2D eigenvalue weighted by atomic mass is 127. The molecule has 0 amide bonds. The second kappa shape index (κ2) is 6.31. The molecule has 1 unspecified atom stereocenters. The predicted octanol–water partition coefficient (Wildman–Crippen LogP) is 3.35. The molecular formula is C15H17IN2. The average Bonchev–Trinajstić information content (AvgIpc) is 2.39. The van der Waals surface area contributed by atoms with Crippen molar-refractivity contribution >= 4 is 22.6 Å². The van der Waals surface area contributed by atoms with E-state index in [1.807, 2.05) is 6.07 Å². The molecule has 2 rings (SSSR count). The van der Waals surface area contributed by atoms with Crippen molar-refractivity contribution in [2.45, 2.75) is 19.4 Å². The summed E-state index contributed by atoms with van der Waals surface area (Å²) < 4.78 is 1.24. The van der Waals surface area contributed by atoms with Gasteiger partial charge in [0.05, 0.1) is 6.04 Å². The summed E-state index contributed by atoms with van der Waals surface area (Å²) in [6, 6.07) is 17.1. The molecule has 3 N–H and O–H groups in total. The quantitative estimate of drug-likeness (QED) is 0.503. The molecule has 0 aliphatic heterocycles. The van der Waals surface area contributed by atoms with Gasteiger partial charge in [-0.1, -0.05) is 48.0 Å². The van der Waals surface area contributed by atoms with Gasteiger partial charge in [-0.15, -0.1) is 0 Å². The Bertz CT molecular complexity index is 508. The second-order valence-corrected chi connectivity index (χ2v) is 5.59. The molecular weight excluding hydrogens is 335 g/mol. The van der Waals surface area contributed by atoms with Crippen molar-refractivity contribution in [3.05, 3.63) is 68.8 Å². The Kier molecular flexibility index (Phi) is 4.74. The molecule has 0 spiro atoms. The third-order valence-corrected chi connectivity index (χ3v) is 4.02. The van der Waals surface area contributed by atoms with Crippen LogP contribution in [0.5, 0.6) is 0 Å². The van der Waals surface area contributed by atoms with Crippen molar-refractivity contribution in [2.24, 2.45) is 5.84 Å². The van der Waals surface area contributed by atoms with Crippen LogP contribution in [-0.2, 0) is 6.42 Å². The summed E-state index contributed by atoms with van der Waals surface area (Å²) in [7, 11) is 0. The first kappa shape index (κ1) is 13.5. The molecule has 0 saturated heterocycles. The summed E-state index contributed by atoms with van der Waals surface area (Å²) in [4.78, 5) is 0. The predicted molar refractivity (Wildman–Crippen MR) is 84.1 cm³/mol. The number of halogens is 1. The average molecular weight is 352 g/mol. The molecule has 0 bridgehead atoms. The third-order valence-electron chi connectivity index (χ3n) is 3.04. The first-order valence-corrected chi connectivity index (χ1v) is 7.04. The number of benzene rings is 2. The summed E-state index contributed by atoms with van der Waals surface area (Å²) in [6.07, 6.45) is 0.900. The van der Waals surface area contributed by atoms with Gasteiger partial charge in [-0.3, -0.25) is 11.3 Å². The number of hydrogen-bond acceptors (Lipinski definition) is 2. The van der Waals surface area contributed by atoms with Crippen molar-refractivity contribution in [1.82, 2.24) is 5.43 Å². The fraction of sp³-hybridized carbons (Fsp3) is 0.200. The van der Waals surface area contributed by atoms with Crippen molar-refractivity contribution in [1.29, 1.82) is 0 Å². The topological polar surface area (TPSA) is 38.0 Å². The number of aryl methyl sites for hydroxylation is 1. The van der Waals surface area contributed by atoms with Gasteiger partial charge in [0.25, 0.3) is 0 Å². The van der Waals surface area contributed by atoms with Gasteiger partial charge in [-0.2, -0.15) is 0 Å². The maximum absolute atomic E-state index is 5.70. The van der Waals surface area contributed by atoms with E-state index in [1.165, 1.54) is 20.3 Å². The molecule has 2 nitrogen and oxygen atoms in total. The van der Waals surface area contributed by atoms with Gasteiger partial charge >= 0.3 is 0 Å². The summed E-state index contributed by atoms with van der Waals surface area (Å²) in [5, 5.41) is 0. The molecule has 94 valence electrons. The van der Waals surface area contributed by atoms with Crippen LogP contribution in [0, 0.1) is 10.5 Å². The number of hydrogen-bond donors (Lipinski definition) is 2. The standard InChI is InChI=1S/C15H17IN2/c1-11-6-8-12(9-7-11)10-15(18-17)13-4-2-3-5-14(13)16/h2-9,15,18H,10,17H2,1H3. The lowest BCUT2D eigenvalue weighted by Gasteiger charge is -2.18. The van der Waals surface area contributed by atoms with E-state index < -0.39 is 0 Å². The van der Waals surface area contributed by atoms with Crippen LogP contribution >= 0.6 is 22.6 Å². The largest absolute Gasteiger partial charge is 0.271 e. The van der Waals surface area contributed by atoms with Gasteiger partial charge in [0, 0.05) is 3.57 Å². The van der Waals surface area contributed by atoms with Crippen LogP contribution < -0.4 is 11.3 Å². The number of rotatable bonds is 4. The van der Waals surface area contributed by atoms with Gasteiger partial charge < -0.3 is 0 Å². The van der Waals surface area contributed by atoms with Crippen LogP contribution in [0.4, 0.5) is 0 Å². The maximum atomic E-state index is 5.70. The molecule has 0 radical (unpaired) electrons. The van der Waals surface area contributed by atoms with E-state index >= 15 is 0 Å². The number of hydrazine groups is 1. The molecule has 1 atom stereocenters. The van der Waals surface area contributed by atoms with E-state index in [0.29, 0.717) is 0 Å².